The van der Waals surface area contributed by atoms with E-state index >= 15 is 0 Å². The number of fused-ring (bicyclic) bond motifs is 2. The number of nitrogens with zero attached hydrogens (tertiary/aromatic N) is 2. The Morgan fingerprint density at radius 2 is 1.03 bits per heavy atom. The van der Waals surface area contributed by atoms with Crippen molar-refractivity contribution in [1.82, 2.24) is 0 Å². The molecule has 2 heterocycles. The second-order valence-corrected chi connectivity index (χ2v) is 7.38. The minimum atomic E-state index is -0.641. The second-order valence-electron chi connectivity index (χ2n) is 7.38. The lowest BCUT2D eigenvalue weighted by Crippen LogP contribution is -1.98. The molecule has 0 N–H and O–H groups in total. The fraction of sp³-hybridized carbons (Fsp3) is 0.0833. The van der Waals surface area contributed by atoms with E-state index in [0.717, 1.165) is 17.2 Å². The van der Waals surface area contributed by atoms with Gasteiger partial charge in [0.1, 0.15) is 0 Å². The zero-order valence-corrected chi connectivity index (χ0v) is 17.5. The Bertz CT molecular complexity index is 1280. The molecule has 2 aliphatic rings. The lowest BCUT2D eigenvalue weighted by molar-refractivity contribution is -0.394. The third kappa shape index (κ3) is 4.11. The fourth-order valence-corrected chi connectivity index (χ4v) is 3.60. The van der Waals surface area contributed by atoms with Crippen molar-refractivity contribution in [2.45, 2.75) is 0 Å². The van der Waals surface area contributed by atoms with Gasteiger partial charge in [-0.15, -0.1) is 0 Å². The van der Waals surface area contributed by atoms with E-state index in [2.05, 4.69) is 0 Å². The first-order chi connectivity index (χ1) is 16.5. The van der Waals surface area contributed by atoms with Gasteiger partial charge in [0.15, 0.2) is 23.0 Å². The Morgan fingerprint density at radius 1 is 0.588 bits per heavy atom. The molecule has 0 saturated carbocycles. The highest BCUT2D eigenvalue weighted by molar-refractivity contribution is 5.82. The van der Waals surface area contributed by atoms with E-state index in [1.807, 2.05) is 0 Å². The molecule has 0 saturated heterocycles. The number of benzene rings is 3. The summed E-state index contributed by atoms with van der Waals surface area (Å²) in [6.45, 7) is 0.269. The Morgan fingerprint density at radius 3 is 1.47 bits per heavy atom. The van der Waals surface area contributed by atoms with E-state index in [1.54, 1.807) is 48.6 Å². The average Bonchev–Trinajstić information content (AvgIpc) is 3.49. The van der Waals surface area contributed by atoms with Gasteiger partial charge in [-0.05, 0) is 53.6 Å². The number of hydrogen-bond donors (Lipinski definition) is 0. The molecular weight excluding hydrogens is 444 g/mol. The summed E-state index contributed by atoms with van der Waals surface area (Å²) in [5.74, 6) is 2.39. The lowest BCUT2D eigenvalue weighted by Gasteiger charge is -2.04. The Labute approximate surface area is 192 Å². The molecule has 170 valence electrons. The number of nitro groups is 2. The number of rotatable bonds is 6. The summed E-state index contributed by atoms with van der Waals surface area (Å²) in [5, 5.41) is 23.3. The van der Waals surface area contributed by atoms with Crippen LogP contribution < -0.4 is 18.9 Å². The molecule has 0 atom stereocenters. The summed E-state index contributed by atoms with van der Waals surface area (Å²) in [4.78, 5) is 22.0. The lowest BCUT2D eigenvalue weighted by atomic mass is 10.0. The van der Waals surface area contributed by atoms with Gasteiger partial charge in [0.2, 0.25) is 13.6 Å². The number of ether oxygens (including phenoxy) is 4. The van der Waals surface area contributed by atoms with Gasteiger partial charge in [0, 0.05) is 0 Å². The zero-order chi connectivity index (χ0) is 23.7. The smallest absolute Gasteiger partial charge is 0.283 e. The van der Waals surface area contributed by atoms with Crippen LogP contribution in [0.1, 0.15) is 22.3 Å². The molecule has 3 aromatic carbocycles. The van der Waals surface area contributed by atoms with Crippen LogP contribution in [0.25, 0.3) is 24.3 Å². The first-order valence-corrected chi connectivity index (χ1v) is 10.1. The SMILES string of the molecule is O=[N+]([O-])c1cc([N+](=O)[O-])c(C=Cc2ccc3c(c2)OCO3)cc1C=Cc1ccc2c(c1)OCO2. The molecule has 3 aromatic rings. The predicted molar refractivity (Wildman–Crippen MR) is 123 cm³/mol. The van der Waals surface area contributed by atoms with Crippen LogP contribution in [-0.4, -0.2) is 23.4 Å². The molecule has 34 heavy (non-hydrogen) atoms. The third-order valence-corrected chi connectivity index (χ3v) is 5.27. The predicted octanol–water partition coefficient (Wildman–Crippen LogP) is 5.30. The first-order valence-electron chi connectivity index (χ1n) is 10.1. The van der Waals surface area contributed by atoms with Crippen LogP contribution in [0.2, 0.25) is 0 Å². The second kappa shape index (κ2) is 8.58. The molecule has 0 bridgehead atoms. The zero-order valence-electron chi connectivity index (χ0n) is 17.5. The largest absolute Gasteiger partial charge is 0.454 e. The molecule has 0 fully saturated rings. The molecule has 0 radical (unpaired) electrons. The van der Waals surface area contributed by atoms with Crippen molar-refractivity contribution < 1.29 is 28.8 Å². The fourth-order valence-electron chi connectivity index (χ4n) is 3.60. The summed E-state index contributed by atoms with van der Waals surface area (Å²) in [6, 6.07) is 12.9. The maximum Gasteiger partial charge on any atom is 0.283 e. The minimum Gasteiger partial charge on any atom is -0.454 e. The van der Waals surface area contributed by atoms with Gasteiger partial charge >= 0.3 is 0 Å². The molecule has 5 rings (SSSR count). The molecule has 0 unspecified atom stereocenters. The van der Waals surface area contributed by atoms with E-state index in [4.69, 9.17) is 18.9 Å². The van der Waals surface area contributed by atoms with Crippen LogP contribution in [0.3, 0.4) is 0 Å². The summed E-state index contributed by atoms with van der Waals surface area (Å²) in [7, 11) is 0. The Hall–Kier alpha value is -4.86. The first kappa shape index (κ1) is 21.0. The molecule has 10 nitrogen and oxygen atoms in total. The van der Waals surface area contributed by atoms with Crippen LogP contribution in [0.5, 0.6) is 23.0 Å². The maximum atomic E-state index is 11.6. The van der Waals surface area contributed by atoms with Crippen LogP contribution in [0.4, 0.5) is 11.4 Å². The molecule has 0 amide bonds. The molecule has 0 aromatic heterocycles. The van der Waals surface area contributed by atoms with Crippen molar-refractivity contribution in [3.63, 3.8) is 0 Å². The molecule has 10 heteroatoms. The topological polar surface area (TPSA) is 123 Å². The standard InChI is InChI=1S/C24H16N2O8/c27-25(28)19-12-20(26(29)30)18(6-2-16-4-8-22-24(10-16)34-14-32-22)11-17(19)5-1-15-3-7-21-23(9-15)33-13-31-21/h1-12H,13-14H2. The Balaban J connectivity index is 1.51. The van der Waals surface area contributed by atoms with E-state index in [-0.39, 0.29) is 36.1 Å². The number of hydrogen-bond acceptors (Lipinski definition) is 8. The van der Waals surface area contributed by atoms with Gasteiger partial charge in [0.25, 0.3) is 11.4 Å². The third-order valence-electron chi connectivity index (χ3n) is 5.27. The highest BCUT2D eigenvalue weighted by atomic mass is 16.7. The van der Waals surface area contributed by atoms with Gasteiger partial charge in [-0.2, -0.15) is 0 Å². The molecular formula is C24H16N2O8. The van der Waals surface area contributed by atoms with Gasteiger partial charge in [-0.25, -0.2) is 0 Å². The van der Waals surface area contributed by atoms with Crippen molar-refractivity contribution in [1.29, 1.82) is 0 Å². The van der Waals surface area contributed by atoms with E-state index in [9.17, 15) is 20.2 Å². The molecule has 2 aliphatic heterocycles. The molecule has 0 spiro atoms. The van der Waals surface area contributed by atoms with Crippen molar-refractivity contribution in [3.8, 4) is 23.0 Å². The van der Waals surface area contributed by atoms with Crippen LogP contribution in [-0.2, 0) is 0 Å². The van der Waals surface area contributed by atoms with Gasteiger partial charge < -0.3 is 18.9 Å². The average molecular weight is 460 g/mol. The van der Waals surface area contributed by atoms with Crippen molar-refractivity contribution in [2.75, 3.05) is 13.6 Å². The Kier molecular flexibility index (Phi) is 5.30. The van der Waals surface area contributed by atoms with Crippen molar-refractivity contribution in [3.05, 3.63) is 91.0 Å². The van der Waals surface area contributed by atoms with Crippen molar-refractivity contribution in [2.24, 2.45) is 0 Å². The van der Waals surface area contributed by atoms with Crippen LogP contribution in [0, 0.1) is 20.2 Å². The van der Waals surface area contributed by atoms with Crippen LogP contribution in [0.15, 0.2) is 48.5 Å². The van der Waals surface area contributed by atoms with Crippen molar-refractivity contribution >= 4 is 35.7 Å². The summed E-state index contributed by atoms with van der Waals surface area (Å²) >= 11 is 0. The van der Waals surface area contributed by atoms with Gasteiger partial charge in [-0.1, -0.05) is 24.3 Å². The summed E-state index contributed by atoms with van der Waals surface area (Å²) in [5.41, 5.74) is 1.16. The highest BCUT2D eigenvalue weighted by Crippen LogP contribution is 2.36. The normalized spacial score (nSPS) is 13.6. The van der Waals surface area contributed by atoms with E-state index in [1.165, 1.54) is 18.2 Å². The van der Waals surface area contributed by atoms with E-state index in [0.29, 0.717) is 23.0 Å². The monoisotopic (exact) mass is 460 g/mol. The summed E-state index contributed by atoms with van der Waals surface area (Å²) in [6.07, 6.45) is 6.41. The van der Waals surface area contributed by atoms with Crippen LogP contribution >= 0.6 is 0 Å². The number of nitro benzene ring substituents is 2. The minimum absolute atomic E-state index is 0.134. The van der Waals surface area contributed by atoms with Gasteiger partial charge in [-0.3, -0.25) is 20.2 Å². The quantitative estimate of drug-likeness (QED) is 0.276. The van der Waals surface area contributed by atoms with E-state index < -0.39 is 9.85 Å². The maximum absolute atomic E-state index is 11.6. The molecule has 0 aliphatic carbocycles. The summed E-state index contributed by atoms with van der Waals surface area (Å²) < 4.78 is 21.3. The van der Waals surface area contributed by atoms with Gasteiger partial charge in [0.05, 0.1) is 27.0 Å². The highest BCUT2D eigenvalue weighted by Gasteiger charge is 2.22.